The van der Waals surface area contributed by atoms with Crippen LogP contribution in [0.15, 0.2) is 0 Å². The van der Waals surface area contributed by atoms with Crippen molar-refractivity contribution >= 4 is 5.97 Å². The summed E-state index contributed by atoms with van der Waals surface area (Å²) in [5.74, 6) is -0.0463. The number of hydrogen-bond donors (Lipinski definition) is 1. The molecule has 0 aliphatic carbocycles. The van der Waals surface area contributed by atoms with Crippen molar-refractivity contribution < 1.29 is 14.6 Å². The van der Waals surface area contributed by atoms with E-state index in [4.69, 9.17) is 5.11 Å². The highest BCUT2D eigenvalue weighted by Gasteiger charge is 2.08. The Balaban J connectivity index is 0.000000280. The average Bonchev–Trinajstić information content (AvgIpc) is 2.70. The second-order valence-corrected chi connectivity index (χ2v) is 3.82. The van der Waals surface area contributed by atoms with Gasteiger partial charge in [-0.1, -0.05) is 39.0 Å². The van der Waals surface area contributed by atoms with E-state index in [2.05, 4.69) is 11.7 Å². The van der Waals surface area contributed by atoms with Crippen molar-refractivity contribution in [1.82, 2.24) is 0 Å². The molecule has 1 heterocycles. The van der Waals surface area contributed by atoms with Crippen molar-refractivity contribution in [3.8, 4) is 0 Å². The highest BCUT2D eigenvalue weighted by atomic mass is 16.5. The summed E-state index contributed by atoms with van der Waals surface area (Å²) in [5, 5.41) is 8.42. The minimum Gasteiger partial charge on any atom is -0.466 e. The molecule has 1 rings (SSSR count). The van der Waals surface area contributed by atoms with E-state index in [1.807, 2.05) is 0 Å². The van der Waals surface area contributed by atoms with Crippen molar-refractivity contribution in [3.63, 3.8) is 0 Å². The largest absolute Gasteiger partial charge is 0.466 e. The van der Waals surface area contributed by atoms with Crippen LogP contribution in [0.2, 0.25) is 0 Å². The molecule has 0 bridgehead atoms. The Morgan fingerprint density at radius 1 is 1.20 bits per heavy atom. The van der Waals surface area contributed by atoms with Crippen LogP contribution >= 0.6 is 0 Å². The van der Waals surface area contributed by atoms with Gasteiger partial charge in [-0.25, -0.2) is 0 Å². The number of aliphatic hydroxyl groups is 1. The number of carbonyl (C=O) groups is 1. The molecular formula is C12H24O3. The maximum absolute atomic E-state index is 10.0. The lowest BCUT2D eigenvalue weighted by Gasteiger charge is -1.95. The summed E-state index contributed by atoms with van der Waals surface area (Å²) in [5.41, 5.74) is 0. The van der Waals surface area contributed by atoms with Crippen LogP contribution in [0, 0.1) is 0 Å². The molecule has 0 aromatic carbocycles. The topological polar surface area (TPSA) is 46.5 Å². The fraction of sp³-hybridized carbons (Fsp3) is 0.917. The van der Waals surface area contributed by atoms with Crippen molar-refractivity contribution in [2.75, 3.05) is 13.2 Å². The molecule has 1 fully saturated rings. The standard InChI is InChI=1S/C8H18O.C4H6O2/c1-2-3-4-5-6-7-8-9;5-4-2-1-3-6-4/h9H,2-8H2,1H3;1-3H2. The first-order valence-corrected chi connectivity index (χ1v) is 6.07. The zero-order valence-electron chi connectivity index (χ0n) is 9.83. The Bertz CT molecular complexity index is 132. The SMILES string of the molecule is CCCCCCCCO.O=C1CCCO1. The average molecular weight is 216 g/mol. The van der Waals surface area contributed by atoms with Gasteiger partial charge < -0.3 is 9.84 Å². The fourth-order valence-corrected chi connectivity index (χ4v) is 1.37. The molecule has 1 aliphatic heterocycles. The van der Waals surface area contributed by atoms with Gasteiger partial charge in [0.05, 0.1) is 6.61 Å². The molecule has 0 amide bonds. The first-order valence-electron chi connectivity index (χ1n) is 6.07. The predicted molar refractivity (Wildman–Crippen MR) is 60.7 cm³/mol. The molecule has 0 radical (unpaired) electrons. The number of esters is 1. The highest BCUT2D eigenvalue weighted by Crippen LogP contribution is 2.03. The zero-order chi connectivity index (χ0) is 11.4. The van der Waals surface area contributed by atoms with E-state index < -0.39 is 0 Å². The van der Waals surface area contributed by atoms with Gasteiger partial charge in [-0.05, 0) is 12.8 Å². The van der Waals surface area contributed by atoms with Gasteiger partial charge in [0.25, 0.3) is 0 Å². The van der Waals surface area contributed by atoms with Gasteiger partial charge in [-0.15, -0.1) is 0 Å². The van der Waals surface area contributed by atoms with Crippen LogP contribution in [0.25, 0.3) is 0 Å². The summed E-state index contributed by atoms with van der Waals surface area (Å²) >= 11 is 0. The van der Waals surface area contributed by atoms with E-state index in [0.717, 1.165) is 12.8 Å². The lowest BCUT2D eigenvalue weighted by molar-refractivity contribution is -0.137. The number of carbonyl (C=O) groups excluding carboxylic acids is 1. The second-order valence-electron chi connectivity index (χ2n) is 3.82. The van der Waals surface area contributed by atoms with Gasteiger partial charge in [0.1, 0.15) is 0 Å². The third-order valence-corrected chi connectivity index (χ3v) is 2.30. The highest BCUT2D eigenvalue weighted by molar-refractivity contribution is 5.70. The second kappa shape index (κ2) is 11.5. The van der Waals surface area contributed by atoms with Crippen molar-refractivity contribution in [1.29, 1.82) is 0 Å². The summed E-state index contributed by atoms with van der Waals surface area (Å²) in [7, 11) is 0. The summed E-state index contributed by atoms with van der Waals surface area (Å²) in [6.45, 7) is 3.22. The third-order valence-electron chi connectivity index (χ3n) is 2.30. The van der Waals surface area contributed by atoms with Crippen molar-refractivity contribution in [2.45, 2.75) is 58.3 Å². The smallest absolute Gasteiger partial charge is 0.305 e. The van der Waals surface area contributed by atoms with Crippen LogP contribution in [-0.2, 0) is 9.53 Å². The van der Waals surface area contributed by atoms with E-state index in [1.165, 1.54) is 32.1 Å². The Kier molecular flexibility index (Phi) is 11.1. The molecule has 0 aromatic heterocycles. The number of cyclic esters (lactones) is 1. The van der Waals surface area contributed by atoms with Crippen LogP contribution in [0.3, 0.4) is 0 Å². The summed E-state index contributed by atoms with van der Waals surface area (Å²) < 4.78 is 4.51. The monoisotopic (exact) mass is 216 g/mol. The predicted octanol–water partition coefficient (Wildman–Crippen LogP) is 2.66. The summed E-state index contributed by atoms with van der Waals surface area (Å²) in [4.78, 5) is 10.0. The molecular weight excluding hydrogens is 192 g/mol. The molecule has 0 spiro atoms. The van der Waals surface area contributed by atoms with E-state index in [1.54, 1.807) is 0 Å². The molecule has 0 aromatic rings. The van der Waals surface area contributed by atoms with E-state index >= 15 is 0 Å². The van der Waals surface area contributed by atoms with Crippen LogP contribution < -0.4 is 0 Å². The van der Waals surface area contributed by atoms with Gasteiger partial charge in [-0.2, -0.15) is 0 Å². The molecule has 3 heteroatoms. The van der Waals surface area contributed by atoms with Crippen molar-refractivity contribution in [3.05, 3.63) is 0 Å². The molecule has 15 heavy (non-hydrogen) atoms. The summed E-state index contributed by atoms with van der Waals surface area (Å²) in [6, 6.07) is 0. The molecule has 0 saturated carbocycles. The quantitative estimate of drug-likeness (QED) is 0.548. The lowest BCUT2D eigenvalue weighted by Crippen LogP contribution is -1.88. The molecule has 0 atom stereocenters. The molecule has 90 valence electrons. The number of aliphatic hydroxyl groups excluding tert-OH is 1. The summed E-state index contributed by atoms with van der Waals surface area (Å²) in [6.07, 6.45) is 9.04. The third kappa shape index (κ3) is 11.4. The van der Waals surface area contributed by atoms with Crippen LogP contribution in [-0.4, -0.2) is 24.3 Å². The first-order chi connectivity index (χ1) is 7.31. The minimum absolute atomic E-state index is 0.0463. The van der Waals surface area contributed by atoms with E-state index in [0.29, 0.717) is 19.6 Å². The fourth-order valence-electron chi connectivity index (χ4n) is 1.37. The number of ether oxygens (including phenoxy) is 1. The molecule has 1 aliphatic rings. The normalized spacial score (nSPS) is 14.4. The van der Waals surface area contributed by atoms with Gasteiger partial charge in [-0.3, -0.25) is 4.79 Å². The molecule has 0 unspecified atom stereocenters. The van der Waals surface area contributed by atoms with Crippen molar-refractivity contribution in [2.24, 2.45) is 0 Å². The number of hydrogen-bond acceptors (Lipinski definition) is 3. The first kappa shape index (κ1) is 14.4. The number of unbranched alkanes of at least 4 members (excludes halogenated alkanes) is 5. The van der Waals surface area contributed by atoms with E-state index in [-0.39, 0.29) is 5.97 Å². The molecule has 1 N–H and O–H groups in total. The lowest BCUT2D eigenvalue weighted by atomic mass is 10.1. The maximum Gasteiger partial charge on any atom is 0.305 e. The Hall–Kier alpha value is -0.570. The maximum atomic E-state index is 10.0. The Morgan fingerprint density at radius 2 is 1.87 bits per heavy atom. The van der Waals surface area contributed by atoms with Gasteiger partial charge in [0.15, 0.2) is 0 Å². The van der Waals surface area contributed by atoms with Gasteiger partial charge in [0, 0.05) is 13.0 Å². The minimum atomic E-state index is -0.0463. The molecule has 3 nitrogen and oxygen atoms in total. The zero-order valence-corrected chi connectivity index (χ0v) is 9.83. The van der Waals surface area contributed by atoms with Crippen LogP contribution in [0.5, 0.6) is 0 Å². The van der Waals surface area contributed by atoms with Crippen LogP contribution in [0.1, 0.15) is 58.3 Å². The van der Waals surface area contributed by atoms with Gasteiger partial charge >= 0.3 is 5.97 Å². The Morgan fingerprint density at radius 3 is 2.27 bits per heavy atom. The Labute approximate surface area is 92.8 Å². The molecule has 1 saturated heterocycles. The van der Waals surface area contributed by atoms with E-state index in [9.17, 15) is 4.79 Å². The number of rotatable bonds is 6. The van der Waals surface area contributed by atoms with Gasteiger partial charge in [0.2, 0.25) is 0 Å². The van der Waals surface area contributed by atoms with Crippen LogP contribution in [0.4, 0.5) is 0 Å².